The van der Waals surface area contributed by atoms with Gasteiger partial charge in [-0.3, -0.25) is 4.68 Å². The predicted octanol–water partition coefficient (Wildman–Crippen LogP) is 4.63. The van der Waals surface area contributed by atoms with Gasteiger partial charge in [0, 0.05) is 19.7 Å². The zero-order chi connectivity index (χ0) is 20.7. The zero-order valence-electron chi connectivity index (χ0n) is 18.2. The molecule has 1 aromatic carbocycles. The summed E-state index contributed by atoms with van der Waals surface area (Å²) in [4.78, 5) is 12.8. The van der Waals surface area contributed by atoms with Crippen molar-refractivity contribution in [1.29, 1.82) is 0 Å². The van der Waals surface area contributed by atoms with Crippen LogP contribution in [0, 0.1) is 0 Å². The van der Waals surface area contributed by atoms with Crippen LogP contribution in [-0.4, -0.2) is 21.5 Å². The zero-order valence-corrected chi connectivity index (χ0v) is 18.2. The number of alkyl carbamates (subject to hydrolysis) is 1. The molecule has 1 aliphatic carbocycles. The van der Waals surface area contributed by atoms with Crippen molar-refractivity contribution < 1.29 is 9.53 Å². The van der Waals surface area contributed by atoms with E-state index < -0.39 is 11.1 Å². The minimum Gasteiger partial charge on any atom is -0.444 e. The van der Waals surface area contributed by atoms with Crippen LogP contribution in [0.3, 0.4) is 0 Å². The number of amides is 1. The number of nitrogens with zero attached hydrogens (tertiary/aromatic N) is 2. The number of carbonyl (C=O) groups is 1. The topological polar surface area (TPSA) is 56.2 Å². The van der Waals surface area contributed by atoms with Crippen LogP contribution in [0.4, 0.5) is 4.79 Å². The van der Waals surface area contributed by atoms with E-state index in [9.17, 15) is 4.79 Å². The molecule has 0 radical (unpaired) electrons. The maximum Gasteiger partial charge on any atom is 0.408 e. The van der Waals surface area contributed by atoms with Gasteiger partial charge < -0.3 is 10.1 Å². The number of hydrogen-bond donors (Lipinski definition) is 1. The largest absolute Gasteiger partial charge is 0.444 e. The average Bonchev–Trinajstić information content (AvgIpc) is 2.91. The summed E-state index contributed by atoms with van der Waals surface area (Å²) in [5.74, 6) is 0. The van der Waals surface area contributed by atoms with Gasteiger partial charge in [-0.1, -0.05) is 45.0 Å². The quantitative estimate of drug-likeness (QED) is 0.823. The van der Waals surface area contributed by atoms with Gasteiger partial charge >= 0.3 is 6.09 Å². The minimum atomic E-state index is -0.535. The van der Waals surface area contributed by atoms with E-state index in [4.69, 9.17) is 4.74 Å². The van der Waals surface area contributed by atoms with Gasteiger partial charge in [0.15, 0.2) is 0 Å². The first-order chi connectivity index (χ1) is 12.9. The fourth-order valence-electron chi connectivity index (χ4n) is 3.89. The Hall–Kier alpha value is -2.30. The molecule has 1 amide bonds. The molecule has 0 saturated heterocycles. The van der Waals surface area contributed by atoms with E-state index in [1.165, 1.54) is 11.1 Å². The molecule has 1 atom stereocenters. The van der Waals surface area contributed by atoms with E-state index in [1.54, 1.807) is 0 Å². The first kappa shape index (κ1) is 20.4. The number of carbonyl (C=O) groups excluding carboxylic acids is 1. The SMILES string of the molecule is Cn1cc2c(n1)CCC(NC(=O)OC(C)(C)C)(c1cccc(C(C)(C)C)c1)C2. The Balaban J connectivity index is 2.02. The van der Waals surface area contributed by atoms with Crippen molar-refractivity contribution in [3.8, 4) is 0 Å². The predicted molar refractivity (Wildman–Crippen MR) is 111 cm³/mol. The van der Waals surface area contributed by atoms with Crippen LogP contribution in [-0.2, 0) is 35.6 Å². The van der Waals surface area contributed by atoms with Gasteiger partial charge in [-0.05, 0) is 55.7 Å². The molecule has 0 saturated carbocycles. The fraction of sp³-hybridized carbons (Fsp3) is 0.565. The van der Waals surface area contributed by atoms with Gasteiger partial charge in [-0.25, -0.2) is 4.79 Å². The molecule has 3 rings (SSSR count). The van der Waals surface area contributed by atoms with E-state index in [1.807, 2.05) is 32.5 Å². The van der Waals surface area contributed by atoms with Crippen molar-refractivity contribution in [2.75, 3.05) is 0 Å². The second kappa shape index (κ2) is 6.94. The lowest BCUT2D eigenvalue weighted by molar-refractivity contribution is 0.0439. The highest BCUT2D eigenvalue weighted by Crippen LogP contribution is 2.38. The molecule has 0 bridgehead atoms. The van der Waals surface area contributed by atoms with Gasteiger partial charge in [0.1, 0.15) is 5.60 Å². The highest BCUT2D eigenvalue weighted by Gasteiger charge is 2.40. The number of aryl methyl sites for hydroxylation is 2. The Morgan fingerprint density at radius 2 is 1.93 bits per heavy atom. The summed E-state index contributed by atoms with van der Waals surface area (Å²) in [6.45, 7) is 12.3. The molecule has 5 nitrogen and oxygen atoms in total. The third kappa shape index (κ3) is 4.40. The number of nitrogens with one attached hydrogen (secondary N) is 1. The van der Waals surface area contributed by atoms with Crippen molar-refractivity contribution in [2.45, 2.75) is 77.4 Å². The first-order valence-corrected chi connectivity index (χ1v) is 10.0. The van der Waals surface area contributed by atoms with Gasteiger partial charge in [-0.15, -0.1) is 0 Å². The van der Waals surface area contributed by atoms with E-state index in [0.717, 1.165) is 24.1 Å². The second-order valence-electron chi connectivity index (χ2n) is 9.99. The molecule has 1 aromatic heterocycles. The van der Waals surface area contributed by atoms with Crippen molar-refractivity contribution in [3.05, 3.63) is 52.8 Å². The summed E-state index contributed by atoms with van der Waals surface area (Å²) in [7, 11) is 1.95. The summed E-state index contributed by atoms with van der Waals surface area (Å²) in [5, 5.41) is 7.81. The van der Waals surface area contributed by atoms with Crippen LogP contribution in [0.1, 0.15) is 70.3 Å². The minimum absolute atomic E-state index is 0.0389. The summed E-state index contributed by atoms with van der Waals surface area (Å²) in [6.07, 6.45) is 4.02. The van der Waals surface area contributed by atoms with E-state index in [2.05, 4.69) is 61.6 Å². The number of benzene rings is 1. The van der Waals surface area contributed by atoms with Crippen LogP contribution in [0.15, 0.2) is 30.5 Å². The maximum absolute atomic E-state index is 12.8. The van der Waals surface area contributed by atoms with Gasteiger partial charge in [0.2, 0.25) is 0 Å². The fourth-order valence-corrected chi connectivity index (χ4v) is 3.89. The number of hydrogen-bond acceptors (Lipinski definition) is 3. The van der Waals surface area contributed by atoms with Crippen molar-refractivity contribution >= 4 is 6.09 Å². The molecule has 1 heterocycles. The van der Waals surface area contributed by atoms with E-state index in [0.29, 0.717) is 6.42 Å². The number of rotatable bonds is 2. The molecular formula is C23H33N3O2. The lowest BCUT2D eigenvalue weighted by Crippen LogP contribution is -2.51. The van der Waals surface area contributed by atoms with Crippen LogP contribution < -0.4 is 5.32 Å². The van der Waals surface area contributed by atoms with Gasteiger partial charge in [-0.2, -0.15) is 5.10 Å². The molecule has 0 aliphatic heterocycles. The molecule has 152 valence electrons. The molecule has 5 heteroatoms. The Labute approximate surface area is 168 Å². The Kier molecular flexibility index (Phi) is 5.07. The van der Waals surface area contributed by atoms with E-state index >= 15 is 0 Å². The Morgan fingerprint density at radius 1 is 1.21 bits per heavy atom. The van der Waals surface area contributed by atoms with Crippen LogP contribution in [0.5, 0.6) is 0 Å². The summed E-state index contributed by atoms with van der Waals surface area (Å²) >= 11 is 0. The highest BCUT2D eigenvalue weighted by atomic mass is 16.6. The Morgan fingerprint density at radius 3 is 2.57 bits per heavy atom. The average molecular weight is 384 g/mol. The van der Waals surface area contributed by atoms with E-state index in [-0.39, 0.29) is 11.5 Å². The molecule has 0 fully saturated rings. The lowest BCUT2D eigenvalue weighted by atomic mass is 9.74. The summed E-state index contributed by atoms with van der Waals surface area (Å²) in [6, 6.07) is 8.60. The van der Waals surface area contributed by atoms with Gasteiger partial charge in [0.25, 0.3) is 0 Å². The standard InChI is InChI=1S/C23H33N3O2/c1-21(2,3)17-9-8-10-18(13-17)23(24-20(27)28-22(4,5)6)12-11-19-16(14-23)15-26(7)25-19/h8-10,13,15H,11-12,14H2,1-7H3,(H,24,27). The van der Waals surface area contributed by atoms with Crippen LogP contribution in [0.25, 0.3) is 0 Å². The molecule has 2 aromatic rings. The molecule has 1 aliphatic rings. The van der Waals surface area contributed by atoms with Crippen LogP contribution in [0.2, 0.25) is 0 Å². The first-order valence-electron chi connectivity index (χ1n) is 10.0. The smallest absolute Gasteiger partial charge is 0.408 e. The molecule has 28 heavy (non-hydrogen) atoms. The number of aromatic nitrogens is 2. The Bertz CT molecular complexity index is 871. The molecule has 1 unspecified atom stereocenters. The summed E-state index contributed by atoms with van der Waals surface area (Å²) in [5.41, 5.74) is 3.69. The highest BCUT2D eigenvalue weighted by molar-refractivity contribution is 5.69. The van der Waals surface area contributed by atoms with Crippen molar-refractivity contribution in [1.82, 2.24) is 15.1 Å². The maximum atomic E-state index is 12.8. The van der Waals surface area contributed by atoms with Crippen molar-refractivity contribution in [3.63, 3.8) is 0 Å². The van der Waals surface area contributed by atoms with Crippen molar-refractivity contribution in [2.24, 2.45) is 7.05 Å². The number of ether oxygens (including phenoxy) is 1. The van der Waals surface area contributed by atoms with Gasteiger partial charge in [0.05, 0.1) is 11.2 Å². The monoisotopic (exact) mass is 383 g/mol. The second-order valence-corrected chi connectivity index (χ2v) is 9.99. The number of fused-ring (bicyclic) bond motifs is 1. The third-order valence-corrected chi connectivity index (χ3v) is 5.29. The summed E-state index contributed by atoms with van der Waals surface area (Å²) < 4.78 is 7.47. The lowest BCUT2D eigenvalue weighted by Gasteiger charge is -2.39. The molecular weight excluding hydrogens is 350 g/mol. The normalized spacial score (nSPS) is 19.8. The molecule has 0 spiro atoms. The van der Waals surface area contributed by atoms with Crippen LogP contribution >= 0.6 is 0 Å². The molecule has 1 N–H and O–H groups in total. The third-order valence-electron chi connectivity index (χ3n) is 5.29.